The maximum atomic E-state index is 13.1. The zero-order valence-corrected chi connectivity index (χ0v) is 11.8. The van der Waals surface area contributed by atoms with E-state index in [1.807, 2.05) is 0 Å². The first-order valence-corrected chi connectivity index (χ1v) is 7.41. The summed E-state index contributed by atoms with van der Waals surface area (Å²) < 4.78 is 13.1. The van der Waals surface area contributed by atoms with Crippen molar-refractivity contribution in [3.63, 3.8) is 0 Å². The van der Waals surface area contributed by atoms with Crippen LogP contribution in [0.4, 0.5) is 4.39 Å². The summed E-state index contributed by atoms with van der Waals surface area (Å²) in [5.41, 5.74) is 0.225. The largest absolute Gasteiger partial charge is 0.346 e. The van der Waals surface area contributed by atoms with Crippen LogP contribution in [-0.4, -0.2) is 16.8 Å². The van der Waals surface area contributed by atoms with E-state index in [9.17, 15) is 9.18 Å². The van der Waals surface area contributed by atoms with Crippen LogP contribution in [0.1, 0.15) is 42.5 Å². The molecule has 98 valence electrons. The molecule has 1 N–H and O–H groups in total. The number of hydrogen-bond acceptors (Lipinski definition) is 1. The first-order chi connectivity index (χ1) is 8.65. The molecule has 0 atom stereocenters. The molecule has 0 radical (unpaired) electrons. The number of benzene rings is 1. The fraction of sp³-hybridized carbons (Fsp3) is 0.500. The van der Waals surface area contributed by atoms with Crippen molar-refractivity contribution < 1.29 is 9.18 Å². The highest BCUT2D eigenvalue weighted by Crippen LogP contribution is 2.30. The summed E-state index contributed by atoms with van der Waals surface area (Å²) in [6.45, 7) is 0. The molecule has 0 heterocycles. The zero-order valence-electron chi connectivity index (χ0n) is 10.2. The van der Waals surface area contributed by atoms with Gasteiger partial charge in [-0.3, -0.25) is 4.79 Å². The summed E-state index contributed by atoms with van der Waals surface area (Å²) in [5, 5.41) is 3.82. The highest BCUT2D eigenvalue weighted by Gasteiger charge is 2.32. The molecule has 1 aromatic carbocycles. The van der Waals surface area contributed by atoms with Crippen molar-refractivity contribution in [2.45, 2.75) is 37.6 Å². The summed E-state index contributed by atoms with van der Waals surface area (Å²) in [6.07, 6.45) is 5.47. The summed E-state index contributed by atoms with van der Waals surface area (Å²) in [4.78, 5) is 12.1. The molecule has 0 bridgehead atoms. The minimum Gasteiger partial charge on any atom is -0.346 e. The maximum absolute atomic E-state index is 13.1. The Morgan fingerprint density at radius 2 is 2.06 bits per heavy atom. The lowest BCUT2D eigenvalue weighted by Crippen LogP contribution is -2.51. The molecular formula is C14H17BrFNO. The molecule has 2 nitrogen and oxygen atoms in total. The van der Waals surface area contributed by atoms with Crippen molar-refractivity contribution in [3.8, 4) is 0 Å². The summed E-state index contributed by atoms with van der Waals surface area (Å²) in [7, 11) is 0. The van der Waals surface area contributed by atoms with Gasteiger partial charge >= 0.3 is 0 Å². The van der Waals surface area contributed by atoms with E-state index in [1.165, 1.54) is 18.6 Å². The molecule has 1 fully saturated rings. The zero-order chi connectivity index (χ0) is 13.0. The van der Waals surface area contributed by atoms with E-state index >= 15 is 0 Å². The van der Waals surface area contributed by atoms with E-state index in [1.54, 1.807) is 12.1 Å². The third-order valence-corrected chi connectivity index (χ3v) is 4.61. The second-order valence-corrected chi connectivity index (χ2v) is 5.50. The van der Waals surface area contributed by atoms with Gasteiger partial charge in [-0.05, 0) is 31.0 Å². The lowest BCUT2D eigenvalue weighted by Gasteiger charge is -2.36. The van der Waals surface area contributed by atoms with Gasteiger partial charge in [-0.25, -0.2) is 4.39 Å². The number of hydrogen-bond donors (Lipinski definition) is 1. The normalized spacial score (nSPS) is 18.3. The second-order valence-electron chi connectivity index (χ2n) is 4.94. The first-order valence-electron chi connectivity index (χ1n) is 6.29. The van der Waals surface area contributed by atoms with Crippen LogP contribution >= 0.6 is 15.9 Å². The van der Waals surface area contributed by atoms with Crippen molar-refractivity contribution in [1.82, 2.24) is 5.32 Å². The van der Waals surface area contributed by atoms with E-state index in [0.717, 1.165) is 31.0 Å². The monoisotopic (exact) mass is 313 g/mol. The third kappa shape index (κ3) is 3.10. The van der Waals surface area contributed by atoms with E-state index in [-0.39, 0.29) is 17.3 Å². The van der Waals surface area contributed by atoms with Crippen LogP contribution in [0.2, 0.25) is 0 Å². The molecule has 2 rings (SSSR count). The molecule has 0 aliphatic heterocycles. The smallest absolute Gasteiger partial charge is 0.251 e. The van der Waals surface area contributed by atoms with Gasteiger partial charge in [0.1, 0.15) is 5.82 Å². The first kappa shape index (κ1) is 13.5. The van der Waals surface area contributed by atoms with E-state index in [2.05, 4.69) is 21.2 Å². The molecule has 0 aromatic heterocycles. The fourth-order valence-electron chi connectivity index (χ4n) is 2.46. The van der Waals surface area contributed by atoms with Gasteiger partial charge in [0.15, 0.2) is 0 Å². The van der Waals surface area contributed by atoms with Crippen molar-refractivity contribution in [3.05, 3.63) is 35.6 Å². The lowest BCUT2D eigenvalue weighted by atomic mass is 9.83. The van der Waals surface area contributed by atoms with Crippen molar-refractivity contribution in [2.75, 3.05) is 5.33 Å². The van der Waals surface area contributed by atoms with Crippen LogP contribution in [0.25, 0.3) is 0 Å². The number of halogens is 2. The lowest BCUT2D eigenvalue weighted by molar-refractivity contribution is 0.0886. The Balaban J connectivity index is 2.10. The number of carbonyl (C=O) groups excluding carboxylic acids is 1. The Labute approximate surface area is 115 Å². The quantitative estimate of drug-likeness (QED) is 0.848. The molecule has 1 aromatic rings. The average molecular weight is 314 g/mol. The predicted molar refractivity (Wildman–Crippen MR) is 73.5 cm³/mol. The van der Waals surface area contributed by atoms with Gasteiger partial charge < -0.3 is 5.32 Å². The van der Waals surface area contributed by atoms with E-state index in [0.29, 0.717) is 5.56 Å². The summed E-state index contributed by atoms with van der Waals surface area (Å²) >= 11 is 3.49. The Bertz CT molecular complexity index is 430. The molecular weight excluding hydrogens is 297 g/mol. The Hall–Kier alpha value is -0.900. The van der Waals surface area contributed by atoms with Gasteiger partial charge in [0.05, 0.1) is 5.54 Å². The third-order valence-electron chi connectivity index (χ3n) is 3.53. The van der Waals surface area contributed by atoms with Gasteiger partial charge in [0, 0.05) is 10.9 Å². The van der Waals surface area contributed by atoms with Gasteiger partial charge in [-0.1, -0.05) is 41.3 Å². The standard InChI is InChI=1S/C14H17BrFNO/c15-10-14(7-2-1-3-8-14)17-13(18)11-5-4-6-12(16)9-11/h4-6,9H,1-3,7-8,10H2,(H,17,18). The molecule has 1 amide bonds. The van der Waals surface area contributed by atoms with Crippen LogP contribution in [0.15, 0.2) is 24.3 Å². The van der Waals surface area contributed by atoms with Crippen LogP contribution in [0.3, 0.4) is 0 Å². The SMILES string of the molecule is O=C(NC1(CBr)CCCCC1)c1cccc(F)c1. The molecule has 1 aliphatic rings. The molecule has 0 saturated heterocycles. The number of alkyl halides is 1. The average Bonchev–Trinajstić information content (AvgIpc) is 2.40. The number of carbonyl (C=O) groups is 1. The molecule has 0 spiro atoms. The minimum absolute atomic E-state index is 0.165. The Morgan fingerprint density at radius 3 is 2.67 bits per heavy atom. The van der Waals surface area contributed by atoms with Gasteiger partial charge in [-0.15, -0.1) is 0 Å². The highest BCUT2D eigenvalue weighted by molar-refractivity contribution is 9.09. The van der Waals surface area contributed by atoms with Crippen LogP contribution in [0.5, 0.6) is 0 Å². The number of amides is 1. The second kappa shape index (κ2) is 5.83. The topological polar surface area (TPSA) is 29.1 Å². The van der Waals surface area contributed by atoms with Gasteiger partial charge in [-0.2, -0.15) is 0 Å². The molecule has 18 heavy (non-hydrogen) atoms. The summed E-state index contributed by atoms with van der Waals surface area (Å²) in [6, 6.07) is 5.83. The molecule has 4 heteroatoms. The molecule has 1 saturated carbocycles. The summed E-state index contributed by atoms with van der Waals surface area (Å²) in [5.74, 6) is -0.560. The predicted octanol–water partition coefficient (Wildman–Crippen LogP) is 3.65. The maximum Gasteiger partial charge on any atom is 0.251 e. The van der Waals surface area contributed by atoms with Crippen molar-refractivity contribution in [2.24, 2.45) is 0 Å². The van der Waals surface area contributed by atoms with Crippen LogP contribution in [0, 0.1) is 5.82 Å². The Kier molecular flexibility index (Phi) is 4.38. The number of nitrogens with one attached hydrogen (secondary N) is 1. The van der Waals surface area contributed by atoms with E-state index in [4.69, 9.17) is 0 Å². The molecule has 1 aliphatic carbocycles. The number of rotatable bonds is 3. The van der Waals surface area contributed by atoms with Crippen LogP contribution < -0.4 is 5.32 Å². The van der Waals surface area contributed by atoms with Crippen molar-refractivity contribution in [1.29, 1.82) is 0 Å². The minimum atomic E-state index is -0.376. The van der Waals surface area contributed by atoms with Gasteiger partial charge in [0.25, 0.3) is 5.91 Å². The van der Waals surface area contributed by atoms with Crippen LogP contribution in [-0.2, 0) is 0 Å². The van der Waals surface area contributed by atoms with E-state index < -0.39 is 0 Å². The molecule has 0 unspecified atom stereocenters. The highest BCUT2D eigenvalue weighted by atomic mass is 79.9. The Morgan fingerprint density at radius 1 is 1.33 bits per heavy atom. The fourth-order valence-corrected chi connectivity index (χ4v) is 3.16. The van der Waals surface area contributed by atoms with Gasteiger partial charge in [0.2, 0.25) is 0 Å². The van der Waals surface area contributed by atoms with Crippen molar-refractivity contribution >= 4 is 21.8 Å².